The molecule has 1 saturated carbocycles. The number of furan rings is 1. The summed E-state index contributed by atoms with van der Waals surface area (Å²) >= 11 is 0. The maximum Gasteiger partial charge on any atom is 0.243 e. The van der Waals surface area contributed by atoms with Gasteiger partial charge in [0.2, 0.25) is 5.91 Å². The molecule has 4 heteroatoms. The van der Waals surface area contributed by atoms with Crippen LogP contribution in [0.2, 0.25) is 0 Å². The van der Waals surface area contributed by atoms with Crippen LogP contribution in [0.4, 0.5) is 0 Å². The summed E-state index contributed by atoms with van der Waals surface area (Å²) in [6, 6.07) is 6.10. The summed E-state index contributed by atoms with van der Waals surface area (Å²) in [5.74, 6) is 0.693. The van der Waals surface area contributed by atoms with Crippen molar-refractivity contribution in [3.8, 4) is 6.07 Å². The maximum absolute atomic E-state index is 12.5. The summed E-state index contributed by atoms with van der Waals surface area (Å²) in [7, 11) is 0. The minimum Gasteiger partial charge on any atom is -0.467 e. The van der Waals surface area contributed by atoms with Gasteiger partial charge in [0.1, 0.15) is 11.2 Å². The molecule has 1 amide bonds. The maximum atomic E-state index is 12.5. The molecule has 1 aromatic rings. The van der Waals surface area contributed by atoms with Crippen LogP contribution in [0, 0.1) is 16.7 Å². The lowest BCUT2D eigenvalue weighted by atomic mass is 9.87. The monoisotopic (exact) mass is 246 g/mol. The second kappa shape index (κ2) is 4.85. The Hall–Kier alpha value is -1.76. The van der Waals surface area contributed by atoms with Gasteiger partial charge in [-0.1, -0.05) is 6.92 Å². The summed E-state index contributed by atoms with van der Waals surface area (Å²) < 4.78 is 5.30. The fourth-order valence-electron chi connectivity index (χ4n) is 1.92. The van der Waals surface area contributed by atoms with E-state index >= 15 is 0 Å². The molecule has 96 valence electrons. The van der Waals surface area contributed by atoms with Crippen molar-refractivity contribution in [2.75, 3.05) is 0 Å². The third-order valence-corrected chi connectivity index (χ3v) is 3.58. The zero-order chi connectivity index (χ0) is 13.2. The van der Waals surface area contributed by atoms with Crippen LogP contribution in [-0.4, -0.2) is 16.8 Å². The van der Waals surface area contributed by atoms with Gasteiger partial charge in [-0.3, -0.25) is 4.79 Å². The second-order valence-electron chi connectivity index (χ2n) is 5.04. The standard InChI is InChI=1S/C14H18N2O2/c1-3-14(2,10-15)13(17)16(11-6-7-11)9-12-5-4-8-18-12/h4-5,8,11H,3,6-7,9H2,1-2H3. The summed E-state index contributed by atoms with van der Waals surface area (Å²) in [5.41, 5.74) is -0.921. The largest absolute Gasteiger partial charge is 0.467 e. The summed E-state index contributed by atoms with van der Waals surface area (Å²) in [5, 5.41) is 9.21. The molecule has 0 saturated heterocycles. The van der Waals surface area contributed by atoms with E-state index in [2.05, 4.69) is 6.07 Å². The van der Waals surface area contributed by atoms with E-state index in [-0.39, 0.29) is 11.9 Å². The quantitative estimate of drug-likeness (QED) is 0.802. The van der Waals surface area contributed by atoms with Crippen LogP contribution in [0.1, 0.15) is 38.9 Å². The molecule has 1 aliphatic carbocycles. The molecule has 2 rings (SSSR count). The molecular weight excluding hydrogens is 228 g/mol. The van der Waals surface area contributed by atoms with Gasteiger partial charge in [0.25, 0.3) is 0 Å². The molecule has 0 bridgehead atoms. The fourth-order valence-corrected chi connectivity index (χ4v) is 1.92. The van der Waals surface area contributed by atoms with Crippen LogP contribution in [0.15, 0.2) is 22.8 Å². The van der Waals surface area contributed by atoms with Crippen LogP contribution >= 0.6 is 0 Å². The van der Waals surface area contributed by atoms with Crippen molar-refractivity contribution in [3.63, 3.8) is 0 Å². The van der Waals surface area contributed by atoms with Crippen LogP contribution in [0.3, 0.4) is 0 Å². The topological polar surface area (TPSA) is 57.2 Å². The Labute approximate surface area is 107 Å². The molecule has 1 fully saturated rings. The minimum atomic E-state index is -0.921. The highest BCUT2D eigenvalue weighted by Gasteiger charge is 2.41. The summed E-state index contributed by atoms with van der Waals surface area (Å²) in [6.45, 7) is 4.06. The number of nitrogens with zero attached hydrogens (tertiary/aromatic N) is 2. The molecule has 0 aliphatic heterocycles. The lowest BCUT2D eigenvalue weighted by Crippen LogP contribution is -2.42. The smallest absolute Gasteiger partial charge is 0.243 e. The van der Waals surface area contributed by atoms with Gasteiger partial charge >= 0.3 is 0 Å². The van der Waals surface area contributed by atoms with Crippen LogP contribution in [0.5, 0.6) is 0 Å². The molecule has 1 unspecified atom stereocenters. The summed E-state index contributed by atoms with van der Waals surface area (Å²) in [6.07, 6.45) is 4.19. The van der Waals surface area contributed by atoms with Crippen molar-refractivity contribution in [2.24, 2.45) is 5.41 Å². The first-order valence-electron chi connectivity index (χ1n) is 6.35. The number of carbonyl (C=O) groups is 1. The molecule has 0 spiro atoms. The van der Waals surface area contributed by atoms with E-state index in [1.54, 1.807) is 18.1 Å². The zero-order valence-corrected chi connectivity index (χ0v) is 10.8. The lowest BCUT2D eigenvalue weighted by Gasteiger charge is -2.28. The second-order valence-corrected chi connectivity index (χ2v) is 5.04. The number of hydrogen-bond donors (Lipinski definition) is 0. The van der Waals surface area contributed by atoms with Crippen molar-refractivity contribution in [1.29, 1.82) is 5.26 Å². The van der Waals surface area contributed by atoms with Gasteiger partial charge in [-0.25, -0.2) is 0 Å². The van der Waals surface area contributed by atoms with E-state index in [0.29, 0.717) is 13.0 Å². The van der Waals surface area contributed by atoms with E-state index < -0.39 is 5.41 Å². The van der Waals surface area contributed by atoms with Gasteiger partial charge in [0.05, 0.1) is 18.9 Å². The van der Waals surface area contributed by atoms with Gasteiger partial charge in [-0.2, -0.15) is 5.26 Å². The van der Waals surface area contributed by atoms with Crippen molar-refractivity contribution in [2.45, 2.75) is 45.7 Å². The van der Waals surface area contributed by atoms with E-state index in [9.17, 15) is 10.1 Å². The average molecular weight is 246 g/mol. The Bertz CT molecular complexity index is 457. The molecule has 1 aliphatic rings. The van der Waals surface area contributed by atoms with E-state index in [4.69, 9.17) is 4.42 Å². The van der Waals surface area contributed by atoms with Crippen molar-refractivity contribution in [1.82, 2.24) is 4.90 Å². The lowest BCUT2D eigenvalue weighted by molar-refractivity contribution is -0.140. The van der Waals surface area contributed by atoms with Crippen molar-refractivity contribution in [3.05, 3.63) is 24.2 Å². The van der Waals surface area contributed by atoms with Crippen LogP contribution < -0.4 is 0 Å². The highest BCUT2D eigenvalue weighted by molar-refractivity contribution is 5.85. The third-order valence-electron chi connectivity index (χ3n) is 3.58. The Morgan fingerprint density at radius 3 is 2.83 bits per heavy atom. The SMILES string of the molecule is CCC(C)(C#N)C(=O)N(Cc1ccco1)C1CC1. The van der Waals surface area contributed by atoms with E-state index in [1.807, 2.05) is 19.1 Å². The number of nitriles is 1. The molecule has 1 heterocycles. The van der Waals surface area contributed by atoms with E-state index in [0.717, 1.165) is 18.6 Å². The number of hydrogen-bond acceptors (Lipinski definition) is 3. The molecule has 4 nitrogen and oxygen atoms in total. The van der Waals surface area contributed by atoms with Crippen molar-refractivity contribution < 1.29 is 9.21 Å². The highest BCUT2D eigenvalue weighted by atomic mass is 16.3. The molecule has 1 atom stereocenters. The predicted molar refractivity (Wildman–Crippen MR) is 66.3 cm³/mol. The third kappa shape index (κ3) is 2.40. The number of rotatable bonds is 5. The Kier molecular flexibility index (Phi) is 3.42. The first-order chi connectivity index (χ1) is 8.60. The first-order valence-corrected chi connectivity index (χ1v) is 6.35. The first kappa shape index (κ1) is 12.7. The zero-order valence-electron chi connectivity index (χ0n) is 10.8. The molecule has 18 heavy (non-hydrogen) atoms. The number of carbonyl (C=O) groups excluding carboxylic acids is 1. The predicted octanol–water partition coefficient (Wildman–Crippen LogP) is 2.71. The molecular formula is C14H18N2O2. The Morgan fingerprint density at radius 1 is 1.67 bits per heavy atom. The average Bonchev–Trinajstić information content (AvgIpc) is 3.11. The van der Waals surface area contributed by atoms with Gasteiger partial charge in [-0.05, 0) is 38.3 Å². The van der Waals surface area contributed by atoms with Gasteiger partial charge < -0.3 is 9.32 Å². The Morgan fingerprint density at radius 2 is 2.39 bits per heavy atom. The van der Waals surface area contributed by atoms with Gasteiger partial charge in [0, 0.05) is 6.04 Å². The van der Waals surface area contributed by atoms with Crippen LogP contribution in [-0.2, 0) is 11.3 Å². The highest BCUT2D eigenvalue weighted by Crippen LogP contribution is 2.33. The van der Waals surface area contributed by atoms with Crippen LogP contribution in [0.25, 0.3) is 0 Å². The molecule has 0 N–H and O–H groups in total. The van der Waals surface area contributed by atoms with E-state index in [1.165, 1.54) is 0 Å². The molecule has 0 aromatic carbocycles. The van der Waals surface area contributed by atoms with Gasteiger partial charge in [0.15, 0.2) is 0 Å². The van der Waals surface area contributed by atoms with Gasteiger partial charge in [-0.15, -0.1) is 0 Å². The fraction of sp³-hybridized carbons (Fsp3) is 0.571. The minimum absolute atomic E-state index is 0.0774. The summed E-state index contributed by atoms with van der Waals surface area (Å²) in [4.78, 5) is 14.3. The molecule has 1 aromatic heterocycles. The number of amides is 1. The molecule has 0 radical (unpaired) electrons. The Balaban J connectivity index is 2.15. The van der Waals surface area contributed by atoms with Crippen molar-refractivity contribution >= 4 is 5.91 Å². The normalized spacial score (nSPS) is 17.8.